The Morgan fingerprint density at radius 3 is 2.62 bits per heavy atom. The average molecular weight is 212 g/mol. The van der Waals surface area contributed by atoms with Crippen molar-refractivity contribution in [3.8, 4) is 11.3 Å². The van der Waals surface area contributed by atoms with Gasteiger partial charge in [-0.05, 0) is 37.6 Å². The fourth-order valence-corrected chi connectivity index (χ4v) is 1.67. The van der Waals surface area contributed by atoms with Gasteiger partial charge >= 0.3 is 0 Å². The number of hydrogen-bond acceptors (Lipinski definition) is 3. The van der Waals surface area contributed by atoms with Gasteiger partial charge in [0, 0.05) is 17.3 Å². The van der Waals surface area contributed by atoms with Gasteiger partial charge in [-0.15, -0.1) is 0 Å². The Labute approximate surface area is 94.2 Å². The Kier molecular flexibility index (Phi) is 2.77. The van der Waals surface area contributed by atoms with E-state index in [0.29, 0.717) is 0 Å². The van der Waals surface area contributed by atoms with Crippen molar-refractivity contribution in [3.05, 3.63) is 47.7 Å². The second-order valence-electron chi connectivity index (χ2n) is 3.69. The topological polar surface area (TPSA) is 42.9 Å². The molecule has 1 heterocycles. The zero-order valence-corrected chi connectivity index (χ0v) is 9.27. The number of carbonyl (C=O) groups excluding carboxylic acids is 1. The first-order valence-corrected chi connectivity index (χ1v) is 5.08. The number of hydrogen-bond donors (Lipinski definition) is 0. The van der Waals surface area contributed by atoms with Crippen molar-refractivity contribution >= 4 is 5.78 Å². The molecule has 2 aromatic rings. The zero-order valence-electron chi connectivity index (χ0n) is 9.27. The third kappa shape index (κ3) is 1.98. The van der Waals surface area contributed by atoms with E-state index in [-0.39, 0.29) is 5.78 Å². The Morgan fingerprint density at radius 2 is 2.06 bits per heavy atom. The zero-order chi connectivity index (χ0) is 11.5. The number of benzene rings is 1. The van der Waals surface area contributed by atoms with E-state index in [4.69, 9.17) is 0 Å². The summed E-state index contributed by atoms with van der Waals surface area (Å²) in [6, 6.07) is 9.43. The van der Waals surface area contributed by atoms with Crippen LogP contribution in [-0.2, 0) is 0 Å². The molecular formula is C13H12N2O. The predicted octanol–water partition coefficient (Wildman–Crippen LogP) is 2.65. The van der Waals surface area contributed by atoms with Crippen LogP contribution in [0.3, 0.4) is 0 Å². The van der Waals surface area contributed by atoms with Gasteiger partial charge in [0.05, 0.1) is 5.69 Å². The van der Waals surface area contributed by atoms with Crippen molar-refractivity contribution in [2.75, 3.05) is 0 Å². The van der Waals surface area contributed by atoms with E-state index >= 15 is 0 Å². The number of Topliss-reactive ketones (excluding diaryl/α,β-unsaturated/α-hetero) is 1. The van der Waals surface area contributed by atoms with Gasteiger partial charge in [0.2, 0.25) is 0 Å². The summed E-state index contributed by atoms with van der Waals surface area (Å²) in [6.45, 7) is 3.50. The second kappa shape index (κ2) is 4.23. The lowest BCUT2D eigenvalue weighted by Crippen LogP contribution is -1.96. The molecule has 2 rings (SSSR count). The molecule has 1 aromatic carbocycles. The number of aromatic nitrogens is 2. The van der Waals surface area contributed by atoms with Crippen LogP contribution in [-0.4, -0.2) is 16.0 Å². The van der Waals surface area contributed by atoms with Gasteiger partial charge in [-0.3, -0.25) is 4.79 Å². The minimum atomic E-state index is 0.0863. The molecule has 0 spiro atoms. The molecule has 0 fully saturated rings. The Morgan fingerprint density at radius 1 is 1.25 bits per heavy atom. The molecule has 0 N–H and O–H groups in total. The molecule has 0 aliphatic rings. The molecule has 3 heteroatoms. The highest BCUT2D eigenvalue weighted by Crippen LogP contribution is 2.19. The maximum absolute atomic E-state index is 11.3. The molecule has 3 nitrogen and oxygen atoms in total. The van der Waals surface area contributed by atoms with Gasteiger partial charge in [0.25, 0.3) is 0 Å². The normalized spacial score (nSPS) is 10.1. The first kappa shape index (κ1) is 10.5. The highest BCUT2D eigenvalue weighted by Gasteiger charge is 2.06. The van der Waals surface area contributed by atoms with E-state index in [1.54, 1.807) is 13.1 Å². The number of rotatable bonds is 2. The predicted molar refractivity (Wildman–Crippen MR) is 62.2 cm³/mol. The van der Waals surface area contributed by atoms with Crippen LogP contribution in [0.2, 0.25) is 0 Å². The van der Waals surface area contributed by atoms with E-state index in [0.717, 1.165) is 22.4 Å². The van der Waals surface area contributed by atoms with Gasteiger partial charge in [-0.2, -0.15) is 10.2 Å². The fraction of sp³-hybridized carbons (Fsp3) is 0.154. The number of aryl methyl sites for hydroxylation is 1. The highest BCUT2D eigenvalue weighted by molar-refractivity contribution is 5.96. The molecule has 0 saturated carbocycles. The first-order chi connectivity index (χ1) is 7.68. The summed E-state index contributed by atoms with van der Waals surface area (Å²) in [4.78, 5) is 11.3. The van der Waals surface area contributed by atoms with Crippen LogP contribution < -0.4 is 0 Å². The third-order valence-electron chi connectivity index (χ3n) is 2.47. The summed E-state index contributed by atoms with van der Waals surface area (Å²) in [6.07, 6.45) is 1.64. The molecule has 0 atom stereocenters. The number of ketones is 1. The summed E-state index contributed by atoms with van der Waals surface area (Å²) < 4.78 is 0. The molecule has 1 aromatic heterocycles. The van der Waals surface area contributed by atoms with E-state index in [1.165, 1.54) is 0 Å². The van der Waals surface area contributed by atoms with Crippen molar-refractivity contribution in [1.82, 2.24) is 10.2 Å². The Hall–Kier alpha value is -2.03. The smallest absolute Gasteiger partial charge is 0.160 e. The van der Waals surface area contributed by atoms with Crippen molar-refractivity contribution in [2.24, 2.45) is 0 Å². The van der Waals surface area contributed by atoms with Gasteiger partial charge in [-0.1, -0.05) is 12.1 Å². The van der Waals surface area contributed by atoms with Crippen molar-refractivity contribution in [2.45, 2.75) is 13.8 Å². The maximum atomic E-state index is 11.3. The Bertz CT molecular complexity index is 521. The molecule has 0 saturated heterocycles. The van der Waals surface area contributed by atoms with Crippen LogP contribution in [0.5, 0.6) is 0 Å². The van der Waals surface area contributed by atoms with Crippen LogP contribution in [0.15, 0.2) is 36.5 Å². The number of carbonyl (C=O) groups is 1. The molecule has 80 valence electrons. The highest BCUT2D eigenvalue weighted by atomic mass is 16.1. The van der Waals surface area contributed by atoms with E-state index in [1.807, 2.05) is 37.3 Å². The van der Waals surface area contributed by atoms with E-state index in [2.05, 4.69) is 10.2 Å². The molecular weight excluding hydrogens is 200 g/mol. The largest absolute Gasteiger partial charge is 0.295 e. The standard InChI is InChI=1S/C13H12N2O/c1-9-8-11(5-6-12(9)10(2)16)13-4-3-7-14-15-13/h3-8H,1-2H3. The summed E-state index contributed by atoms with van der Waals surface area (Å²) in [7, 11) is 0. The monoisotopic (exact) mass is 212 g/mol. The lowest BCUT2D eigenvalue weighted by atomic mass is 10.0. The fourth-order valence-electron chi connectivity index (χ4n) is 1.67. The van der Waals surface area contributed by atoms with Gasteiger partial charge in [0.15, 0.2) is 5.78 Å². The van der Waals surface area contributed by atoms with Gasteiger partial charge < -0.3 is 0 Å². The summed E-state index contributed by atoms with van der Waals surface area (Å²) in [5.74, 6) is 0.0863. The lowest BCUT2D eigenvalue weighted by Gasteiger charge is -2.04. The van der Waals surface area contributed by atoms with Crippen molar-refractivity contribution in [1.29, 1.82) is 0 Å². The van der Waals surface area contributed by atoms with E-state index < -0.39 is 0 Å². The Balaban J connectivity index is 2.46. The van der Waals surface area contributed by atoms with Gasteiger partial charge in [0.1, 0.15) is 0 Å². The SMILES string of the molecule is CC(=O)c1ccc(-c2cccnn2)cc1C. The van der Waals surface area contributed by atoms with Crippen LogP contribution in [0, 0.1) is 6.92 Å². The molecule has 0 aliphatic carbocycles. The number of nitrogens with zero attached hydrogens (tertiary/aromatic N) is 2. The summed E-state index contributed by atoms with van der Waals surface area (Å²) in [5.41, 5.74) is 3.53. The molecule has 16 heavy (non-hydrogen) atoms. The molecule has 0 radical (unpaired) electrons. The second-order valence-corrected chi connectivity index (χ2v) is 3.69. The van der Waals surface area contributed by atoms with Crippen molar-refractivity contribution < 1.29 is 4.79 Å². The molecule has 0 bridgehead atoms. The van der Waals surface area contributed by atoms with E-state index in [9.17, 15) is 4.79 Å². The third-order valence-corrected chi connectivity index (χ3v) is 2.47. The lowest BCUT2D eigenvalue weighted by molar-refractivity contribution is 0.101. The first-order valence-electron chi connectivity index (χ1n) is 5.08. The maximum Gasteiger partial charge on any atom is 0.160 e. The van der Waals surface area contributed by atoms with Gasteiger partial charge in [-0.25, -0.2) is 0 Å². The minimum absolute atomic E-state index is 0.0863. The summed E-state index contributed by atoms with van der Waals surface area (Å²) in [5, 5.41) is 7.86. The molecule has 0 amide bonds. The van der Waals surface area contributed by atoms with Crippen LogP contribution >= 0.6 is 0 Å². The quantitative estimate of drug-likeness (QED) is 0.719. The van der Waals surface area contributed by atoms with Crippen LogP contribution in [0.1, 0.15) is 22.8 Å². The summed E-state index contributed by atoms with van der Waals surface area (Å²) >= 11 is 0. The molecule has 0 aliphatic heterocycles. The van der Waals surface area contributed by atoms with Crippen molar-refractivity contribution in [3.63, 3.8) is 0 Å². The van der Waals surface area contributed by atoms with Crippen LogP contribution in [0.4, 0.5) is 0 Å². The minimum Gasteiger partial charge on any atom is -0.295 e. The molecule has 0 unspecified atom stereocenters. The average Bonchev–Trinajstić information content (AvgIpc) is 2.29. The van der Waals surface area contributed by atoms with Crippen LogP contribution in [0.25, 0.3) is 11.3 Å².